The zero-order valence-electron chi connectivity index (χ0n) is 12.6. The summed E-state index contributed by atoms with van der Waals surface area (Å²) >= 11 is 0. The lowest BCUT2D eigenvalue weighted by molar-refractivity contribution is 0.254. The van der Waals surface area contributed by atoms with Gasteiger partial charge in [0.2, 0.25) is 0 Å². The molecule has 1 unspecified atom stereocenters. The maximum absolute atomic E-state index is 4.39. The summed E-state index contributed by atoms with van der Waals surface area (Å²) in [7, 11) is 0. The highest BCUT2D eigenvalue weighted by atomic mass is 15.2. The van der Waals surface area contributed by atoms with Gasteiger partial charge in [0, 0.05) is 42.9 Å². The maximum Gasteiger partial charge on any atom is 0.0703 e. The van der Waals surface area contributed by atoms with Crippen molar-refractivity contribution in [1.82, 2.24) is 10.3 Å². The van der Waals surface area contributed by atoms with E-state index in [1.165, 1.54) is 11.1 Å². The van der Waals surface area contributed by atoms with Gasteiger partial charge in [0.25, 0.3) is 0 Å². The summed E-state index contributed by atoms with van der Waals surface area (Å²) in [6.07, 6.45) is 1.85. The number of benzene rings is 1. The number of hydrogen-bond acceptors (Lipinski definition) is 3. The molecule has 0 saturated carbocycles. The number of piperazine rings is 1. The molecule has 106 valence electrons. The van der Waals surface area contributed by atoms with Crippen LogP contribution < -0.4 is 10.2 Å². The molecule has 0 spiro atoms. The van der Waals surface area contributed by atoms with Gasteiger partial charge in [-0.15, -0.1) is 0 Å². The predicted octanol–water partition coefficient (Wildman–Crippen LogP) is 3.06. The quantitative estimate of drug-likeness (QED) is 0.862. The van der Waals surface area contributed by atoms with E-state index >= 15 is 0 Å². The fourth-order valence-electron chi connectivity index (χ4n) is 2.82. The first-order valence-electron chi connectivity index (χ1n) is 7.37. The van der Waals surface area contributed by atoms with E-state index in [4.69, 9.17) is 0 Å². The average Bonchev–Trinajstić information content (AvgIpc) is 2.46. The molecule has 1 atom stereocenters. The fourth-order valence-corrected chi connectivity index (χ4v) is 2.82. The Balaban J connectivity index is 1.87. The number of hydrogen-bond donors (Lipinski definition) is 1. The van der Waals surface area contributed by atoms with Gasteiger partial charge in [-0.05, 0) is 29.7 Å². The lowest BCUT2D eigenvalue weighted by Gasteiger charge is -2.41. The summed E-state index contributed by atoms with van der Waals surface area (Å²) in [4.78, 5) is 6.88. The minimum atomic E-state index is 0.289. The highest BCUT2D eigenvalue weighted by Crippen LogP contribution is 2.26. The topological polar surface area (TPSA) is 28.2 Å². The molecular formula is C17H23N3. The van der Waals surface area contributed by atoms with Crippen LogP contribution in [0.2, 0.25) is 0 Å². The van der Waals surface area contributed by atoms with Gasteiger partial charge in [-0.1, -0.05) is 26.8 Å². The predicted molar refractivity (Wildman–Crippen MR) is 85.2 cm³/mol. The van der Waals surface area contributed by atoms with Crippen molar-refractivity contribution in [3.8, 4) is 0 Å². The highest BCUT2D eigenvalue weighted by molar-refractivity contribution is 5.82. The molecule has 1 fully saturated rings. The van der Waals surface area contributed by atoms with Crippen molar-refractivity contribution >= 4 is 16.6 Å². The van der Waals surface area contributed by atoms with Gasteiger partial charge in [-0.3, -0.25) is 4.98 Å². The van der Waals surface area contributed by atoms with Crippen LogP contribution in [0.1, 0.15) is 20.8 Å². The van der Waals surface area contributed by atoms with Crippen molar-refractivity contribution in [2.75, 3.05) is 24.5 Å². The molecule has 1 aliphatic heterocycles. The fraction of sp³-hybridized carbons (Fsp3) is 0.471. The third-order valence-corrected chi connectivity index (χ3v) is 4.17. The zero-order chi connectivity index (χ0) is 14.2. The summed E-state index contributed by atoms with van der Waals surface area (Å²) in [6, 6.07) is 11.2. The molecule has 1 N–H and O–H groups in total. The summed E-state index contributed by atoms with van der Waals surface area (Å²) in [6.45, 7) is 10.1. The van der Waals surface area contributed by atoms with Gasteiger partial charge in [-0.25, -0.2) is 0 Å². The van der Waals surface area contributed by atoms with Crippen LogP contribution in [0.3, 0.4) is 0 Å². The molecule has 3 nitrogen and oxygen atoms in total. The molecule has 2 heterocycles. The first kappa shape index (κ1) is 13.4. The van der Waals surface area contributed by atoms with Crippen LogP contribution in [0.5, 0.6) is 0 Å². The van der Waals surface area contributed by atoms with E-state index in [9.17, 15) is 0 Å². The van der Waals surface area contributed by atoms with Crippen molar-refractivity contribution in [3.05, 3.63) is 36.5 Å². The van der Waals surface area contributed by atoms with Gasteiger partial charge in [0.15, 0.2) is 0 Å². The van der Waals surface area contributed by atoms with Gasteiger partial charge in [0.1, 0.15) is 0 Å². The number of nitrogens with one attached hydrogen (secondary N) is 1. The third kappa shape index (κ3) is 2.63. The second-order valence-electron chi connectivity index (χ2n) is 6.70. The number of aromatic nitrogens is 1. The van der Waals surface area contributed by atoms with Crippen molar-refractivity contribution in [2.45, 2.75) is 26.8 Å². The Kier molecular flexibility index (Phi) is 3.38. The molecule has 1 aromatic carbocycles. The smallest absolute Gasteiger partial charge is 0.0703 e. The van der Waals surface area contributed by atoms with E-state index in [1.54, 1.807) is 0 Å². The number of rotatable bonds is 1. The van der Waals surface area contributed by atoms with Crippen molar-refractivity contribution in [2.24, 2.45) is 5.41 Å². The molecule has 3 rings (SSSR count). The third-order valence-electron chi connectivity index (χ3n) is 4.17. The molecule has 0 aliphatic carbocycles. The van der Waals surface area contributed by atoms with E-state index in [0.29, 0.717) is 6.04 Å². The second kappa shape index (κ2) is 5.06. The largest absolute Gasteiger partial charge is 0.369 e. The van der Waals surface area contributed by atoms with Gasteiger partial charge >= 0.3 is 0 Å². The van der Waals surface area contributed by atoms with E-state index in [0.717, 1.165) is 25.2 Å². The molecule has 1 aliphatic rings. The van der Waals surface area contributed by atoms with Crippen LogP contribution in [-0.4, -0.2) is 30.7 Å². The van der Waals surface area contributed by atoms with Gasteiger partial charge in [0.05, 0.1) is 5.52 Å². The van der Waals surface area contributed by atoms with Crippen molar-refractivity contribution in [3.63, 3.8) is 0 Å². The Morgan fingerprint density at radius 1 is 1.25 bits per heavy atom. The van der Waals surface area contributed by atoms with Gasteiger partial charge < -0.3 is 10.2 Å². The zero-order valence-corrected chi connectivity index (χ0v) is 12.6. The first-order chi connectivity index (χ1) is 9.54. The average molecular weight is 269 g/mol. The van der Waals surface area contributed by atoms with Crippen molar-refractivity contribution < 1.29 is 0 Å². The molecule has 0 bridgehead atoms. The standard InChI is InChI=1S/C17H23N3/c1-17(2,3)16-12-20(10-9-19-16)14-6-7-15-13(11-14)5-4-8-18-15/h4-8,11,16,19H,9-10,12H2,1-3H3. The minimum absolute atomic E-state index is 0.289. The lowest BCUT2D eigenvalue weighted by atomic mass is 9.85. The lowest BCUT2D eigenvalue weighted by Crippen LogP contribution is -2.56. The number of fused-ring (bicyclic) bond motifs is 1. The Bertz CT molecular complexity index is 600. The normalized spacial score (nSPS) is 20.4. The Labute approximate surface area is 121 Å². The Morgan fingerprint density at radius 3 is 2.90 bits per heavy atom. The van der Waals surface area contributed by atoms with Crippen LogP contribution >= 0.6 is 0 Å². The van der Waals surface area contributed by atoms with E-state index < -0.39 is 0 Å². The Hall–Kier alpha value is -1.61. The molecule has 1 saturated heterocycles. The monoisotopic (exact) mass is 269 g/mol. The van der Waals surface area contributed by atoms with E-state index in [1.807, 2.05) is 12.3 Å². The Morgan fingerprint density at radius 2 is 2.10 bits per heavy atom. The molecule has 1 aromatic heterocycles. The van der Waals surface area contributed by atoms with E-state index in [-0.39, 0.29) is 5.41 Å². The van der Waals surface area contributed by atoms with Crippen LogP contribution in [0.15, 0.2) is 36.5 Å². The molecule has 20 heavy (non-hydrogen) atoms. The summed E-state index contributed by atoms with van der Waals surface area (Å²) in [5.74, 6) is 0. The minimum Gasteiger partial charge on any atom is -0.369 e. The number of nitrogens with zero attached hydrogens (tertiary/aromatic N) is 2. The molecule has 2 aromatic rings. The number of pyridine rings is 1. The van der Waals surface area contributed by atoms with Gasteiger partial charge in [-0.2, -0.15) is 0 Å². The van der Waals surface area contributed by atoms with Crippen LogP contribution in [-0.2, 0) is 0 Å². The van der Waals surface area contributed by atoms with E-state index in [2.05, 4.69) is 60.2 Å². The summed E-state index contributed by atoms with van der Waals surface area (Å²) in [5, 5.41) is 4.86. The highest BCUT2D eigenvalue weighted by Gasteiger charge is 2.29. The SMILES string of the molecule is CC(C)(C)C1CN(c2ccc3ncccc3c2)CCN1. The molecule has 0 amide bonds. The number of anilines is 1. The summed E-state index contributed by atoms with van der Waals surface area (Å²) < 4.78 is 0. The molecule has 0 radical (unpaired) electrons. The first-order valence-corrected chi connectivity index (χ1v) is 7.37. The van der Waals surface area contributed by atoms with Crippen LogP contribution in [0, 0.1) is 5.41 Å². The molecule has 3 heteroatoms. The summed E-state index contributed by atoms with van der Waals surface area (Å²) in [5.41, 5.74) is 2.66. The van der Waals surface area contributed by atoms with Crippen molar-refractivity contribution in [1.29, 1.82) is 0 Å². The van der Waals surface area contributed by atoms with Crippen LogP contribution in [0.4, 0.5) is 5.69 Å². The van der Waals surface area contributed by atoms with Crippen LogP contribution in [0.25, 0.3) is 10.9 Å². The maximum atomic E-state index is 4.39. The molecular weight excluding hydrogens is 246 g/mol. The second-order valence-corrected chi connectivity index (χ2v) is 6.70.